The van der Waals surface area contributed by atoms with Crippen LogP contribution in [-0.2, 0) is 22.5 Å². The van der Waals surface area contributed by atoms with Crippen LogP contribution < -0.4 is 11.0 Å². The smallest absolute Gasteiger partial charge is 0.410 e. The van der Waals surface area contributed by atoms with Gasteiger partial charge in [-0.15, -0.1) is 0 Å². The van der Waals surface area contributed by atoms with Gasteiger partial charge in [0.2, 0.25) is 5.91 Å². The van der Waals surface area contributed by atoms with Crippen molar-refractivity contribution in [3.05, 3.63) is 93.6 Å². The van der Waals surface area contributed by atoms with Crippen molar-refractivity contribution in [3.63, 3.8) is 0 Å². The predicted molar refractivity (Wildman–Crippen MR) is 141 cm³/mol. The molecule has 0 aliphatic heterocycles. The second-order valence-electron chi connectivity index (χ2n) is 9.52. The summed E-state index contributed by atoms with van der Waals surface area (Å²) in [6, 6.07) is 15.6. The van der Waals surface area contributed by atoms with Gasteiger partial charge in [-0.05, 0) is 68.7 Å². The van der Waals surface area contributed by atoms with Crippen LogP contribution in [0.5, 0.6) is 0 Å². The second-order valence-corrected chi connectivity index (χ2v) is 9.96. The van der Waals surface area contributed by atoms with Gasteiger partial charge in [-0.1, -0.05) is 35.9 Å². The number of benzene rings is 2. The molecular weight excluding hydrogens is 496 g/mol. The van der Waals surface area contributed by atoms with E-state index in [1.54, 1.807) is 63.2 Å². The van der Waals surface area contributed by atoms with Crippen molar-refractivity contribution >= 4 is 29.3 Å². The van der Waals surface area contributed by atoms with Crippen molar-refractivity contribution in [3.8, 4) is 0 Å². The van der Waals surface area contributed by atoms with Crippen LogP contribution in [-0.4, -0.2) is 50.2 Å². The van der Waals surface area contributed by atoms with Crippen LogP contribution in [0.3, 0.4) is 0 Å². The lowest BCUT2D eigenvalue weighted by molar-refractivity contribution is -0.116. The number of nitrogens with one attached hydrogen (secondary N) is 1. The average molecular weight is 527 g/mol. The van der Waals surface area contributed by atoms with Crippen LogP contribution in [0.1, 0.15) is 38.0 Å². The number of carbonyl (C=O) groups is 2. The predicted octanol–water partition coefficient (Wildman–Crippen LogP) is 4.05. The molecule has 0 radical (unpaired) electrons. The monoisotopic (exact) mass is 526 g/mol. The van der Waals surface area contributed by atoms with Crippen molar-refractivity contribution in [2.24, 2.45) is 0 Å². The number of nitrogens with zero attached hydrogens (tertiary/aromatic N) is 3. The maximum Gasteiger partial charge on any atom is 0.410 e. The Labute approximate surface area is 220 Å². The number of anilines is 1. The molecule has 0 saturated carbocycles. The number of ether oxygens (including phenoxy) is 1. The van der Waals surface area contributed by atoms with E-state index in [0.29, 0.717) is 29.2 Å². The minimum absolute atomic E-state index is 0.0388. The molecular formula is C27H31ClN4O5. The van der Waals surface area contributed by atoms with Crippen LogP contribution in [0, 0.1) is 0 Å². The van der Waals surface area contributed by atoms with Crippen LogP contribution in [0.25, 0.3) is 0 Å². The minimum Gasteiger partial charge on any atom is -0.444 e. The van der Waals surface area contributed by atoms with E-state index < -0.39 is 23.5 Å². The first kappa shape index (κ1) is 27.9. The molecule has 2 aromatic carbocycles. The van der Waals surface area contributed by atoms with Crippen molar-refractivity contribution < 1.29 is 19.4 Å². The lowest BCUT2D eigenvalue weighted by Crippen LogP contribution is -2.40. The molecule has 2 N–H and O–H groups in total. The van der Waals surface area contributed by atoms with Gasteiger partial charge in [-0.25, -0.2) is 14.6 Å². The fourth-order valence-electron chi connectivity index (χ4n) is 3.49. The largest absolute Gasteiger partial charge is 0.444 e. The molecule has 196 valence electrons. The fraction of sp³-hybridized carbons (Fsp3) is 0.333. The Hall–Kier alpha value is -3.69. The molecule has 10 heteroatoms. The number of aromatic nitrogens is 2. The number of rotatable bonds is 9. The molecule has 37 heavy (non-hydrogen) atoms. The van der Waals surface area contributed by atoms with Gasteiger partial charge in [-0.3, -0.25) is 9.36 Å². The molecule has 1 heterocycles. The normalized spacial score (nSPS) is 12.0. The molecule has 0 bridgehead atoms. The van der Waals surface area contributed by atoms with E-state index in [2.05, 4.69) is 10.3 Å². The van der Waals surface area contributed by atoms with E-state index in [-0.39, 0.29) is 19.0 Å². The maximum absolute atomic E-state index is 12.9. The summed E-state index contributed by atoms with van der Waals surface area (Å²) in [7, 11) is 0. The van der Waals surface area contributed by atoms with Crippen LogP contribution in [0.4, 0.5) is 10.5 Å². The van der Waals surface area contributed by atoms with Crippen molar-refractivity contribution in [2.45, 2.75) is 45.4 Å². The number of carbonyl (C=O) groups excluding carboxylic acids is 2. The van der Waals surface area contributed by atoms with E-state index in [4.69, 9.17) is 16.3 Å². The van der Waals surface area contributed by atoms with Crippen LogP contribution in [0.15, 0.2) is 71.8 Å². The minimum atomic E-state index is -0.934. The summed E-state index contributed by atoms with van der Waals surface area (Å²) in [4.78, 5) is 41.9. The maximum atomic E-state index is 12.9. The van der Waals surface area contributed by atoms with Gasteiger partial charge < -0.3 is 20.1 Å². The molecule has 1 atom stereocenters. The van der Waals surface area contributed by atoms with Crippen molar-refractivity contribution in [1.29, 1.82) is 0 Å². The van der Waals surface area contributed by atoms with Crippen LogP contribution >= 0.6 is 11.6 Å². The summed E-state index contributed by atoms with van der Waals surface area (Å²) in [5, 5.41) is 14.0. The molecule has 0 saturated heterocycles. The Bertz CT molecular complexity index is 1270. The zero-order valence-electron chi connectivity index (χ0n) is 21.1. The van der Waals surface area contributed by atoms with E-state index in [9.17, 15) is 19.5 Å². The van der Waals surface area contributed by atoms with Gasteiger partial charge in [0.15, 0.2) is 0 Å². The van der Waals surface area contributed by atoms with Gasteiger partial charge in [0.1, 0.15) is 12.1 Å². The first-order chi connectivity index (χ1) is 17.5. The lowest BCUT2D eigenvalue weighted by Gasteiger charge is -2.29. The summed E-state index contributed by atoms with van der Waals surface area (Å²) >= 11 is 6.05. The Kier molecular flexibility index (Phi) is 9.43. The molecule has 1 aromatic heterocycles. The number of halogens is 1. The molecule has 0 aliphatic rings. The van der Waals surface area contributed by atoms with Gasteiger partial charge in [-0.2, -0.15) is 0 Å². The highest BCUT2D eigenvalue weighted by Crippen LogP contribution is 2.20. The Balaban J connectivity index is 1.62. The molecule has 9 nitrogen and oxygen atoms in total. The van der Waals surface area contributed by atoms with E-state index in [0.717, 1.165) is 5.56 Å². The standard InChI is InChI=1S/C27H31ClN4O5/c1-27(2,3)37-26(36)32(17-23(33)20-6-4-7-21(28)16-20)15-12-19-8-10-22(11-9-19)30-24(34)18-31-14-5-13-29-25(31)35/h4-11,13-14,16,23,33H,12,15,17-18H2,1-3H3,(H,30,34)/t23-/m0/s1. The lowest BCUT2D eigenvalue weighted by atomic mass is 10.1. The fourth-order valence-corrected chi connectivity index (χ4v) is 3.69. The highest BCUT2D eigenvalue weighted by molar-refractivity contribution is 6.30. The highest BCUT2D eigenvalue weighted by Gasteiger charge is 2.24. The Morgan fingerprint density at radius 1 is 1.16 bits per heavy atom. The summed E-state index contributed by atoms with van der Waals surface area (Å²) in [6.07, 6.45) is 1.91. The summed E-state index contributed by atoms with van der Waals surface area (Å²) in [5.41, 5.74) is 0.924. The number of amides is 2. The van der Waals surface area contributed by atoms with E-state index in [1.165, 1.54) is 21.9 Å². The molecule has 3 rings (SSSR count). The number of hydrogen-bond acceptors (Lipinski definition) is 6. The summed E-state index contributed by atoms with van der Waals surface area (Å²) in [5.74, 6) is -0.353. The number of aliphatic hydroxyl groups is 1. The Morgan fingerprint density at radius 3 is 2.54 bits per heavy atom. The molecule has 2 amide bonds. The molecule has 0 aliphatic carbocycles. The SMILES string of the molecule is CC(C)(C)OC(=O)N(CCc1ccc(NC(=O)Cn2cccnc2=O)cc1)C[C@H](O)c1cccc(Cl)c1. The topological polar surface area (TPSA) is 114 Å². The average Bonchev–Trinajstić information content (AvgIpc) is 2.83. The van der Waals surface area contributed by atoms with Gasteiger partial charge >= 0.3 is 11.8 Å². The molecule has 3 aromatic rings. The molecule has 0 spiro atoms. The third-order valence-electron chi connectivity index (χ3n) is 5.28. The van der Waals surface area contributed by atoms with Gasteiger partial charge in [0.05, 0.1) is 12.6 Å². The molecule has 0 fully saturated rings. The highest BCUT2D eigenvalue weighted by atomic mass is 35.5. The molecule has 0 unspecified atom stereocenters. The first-order valence-corrected chi connectivity index (χ1v) is 12.2. The van der Waals surface area contributed by atoms with Crippen molar-refractivity contribution in [1.82, 2.24) is 14.5 Å². The van der Waals surface area contributed by atoms with Crippen LogP contribution in [0.2, 0.25) is 5.02 Å². The zero-order valence-corrected chi connectivity index (χ0v) is 21.8. The van der Waals surface area contributed by atoms with Gasteiger partial charge in [0, 0.05) is 29.6 Å². The quantitative estimate of drug-likeness (QED) is 0.435. The van der Waals surface area contributed by atoms with Crippen molar-refractivity contribution in [2.75, 3.05) is 18.4 Å². The second kappa shape index (κ2) is 12.5. The Morgan fingerprint density at radius 2 is 1.89 bits per heavy atom. The number of aliphatic hydroxyl groups excluding tert-OH is 1. The summed E-state index contributed by atoms with van der Waals surface area (Å²) in [6.45, 7) is 5.56. The van der Waals surface area contributed by atoms with E-state index >= 15 is 0 Å². The number of hydrogen-bond donors (Lipinski definition) is 2. The zero-order chi connectivity index (χ0) is 27.0. The van der Waals surface area contributed by atoms with Gasteiger partial charge in [0.25, 0.3) is 0 Å². The van der Waals surface area contributed by atoms with E-state index in [1.807, 2.05) is 12.1 Å². The third kappa shape index (κ3) is 9.04. The third-order valence-corrected chi connectivity index (χ3v) is 5.52. The first-order valence-electron chi connectivity index (χ1n) is 11.8. The summed E-state index contributed by atoms with van der Waals surface area (Å²) < 4.78 is 6.76.